The minimum Gasteiger partial charge on any atom is -0.345 e. The van der Waals surface area contributed by atoms with Crippen molar-refractivity contribution in [2.45, 2.75) is 31.7 Å². The fourth-order valence-electron chi connectivity index (χ4n) is 2.66. The number of benzene rings is 2. The first kappa shape index (κ1) is 21.7. The number of nitrogens with zero attached hydrogens (tertiary/aromatic N) is 1. The van der Waals surface area contributed by atoms with Crippen LogP contribution in [0.15, 0.2) is 47.4 Å². The third-order valence-corrected chi connectivity index (χ3v) is 6.87. The van der Waals surface area contributed by atoms with Crippen LogP contribution in [0.3, 0.4) is 0 Å². The quantitative estimate of drug-likeness (QED) is 0.704. The first-order valence-electron chi connectivity index (χ1n) is 8.56. The molecule has 0 spiro atoms. The van der Waals surface area contributed by atoms with Gasteiger partial charge in [-0.2, -0.15) is 4.31 Å². The number of nitrogens with one attached hydrogen (secondary N) is 1. The summed E-state index contributed by atoms with van der Waals surface area (Å²) in [6, 6.07) is 11.0. The topological polar surface area (TPSA) is 66.5 Å². The fraction of sp³-hybridized carbons (Fsp3) is 0.316. The average molecular weight is 429 g/mol. The zero-order chi connectivity index (χ0) is 20.2. The van der Waals surface area contributed by atoms with Crippen LogP contribution < -0.4 is 5.32 Å². The van der Waals surface area contributed by atoms with Crippen LogP contribution in [0.1, 0.15) is 42.7 Å². The Morgan fingerprint density at radius 2 is 1.67 bits per heavy atom. The Kier molecular flexibility index (Phi) is 7.28. The molecule has 0 aliphatic rings. The van der Waals surface area contributed by atoms with Crippen molar-refractivity contribution in [2.75, 3.05) is 13.1 Å². The van der Waals surface area contributed by atoms with Crippen LogP contribution >= 0.6 is 23.2 Å². The van der Waals surface area contributed by atoms with E-state index in [9.17, 15) is 13.2 Å². The van der Waals surface area contributed by atoms with Crippen molar-refractivity contribution in [3.05, 3.63) is 63.6 Å². The van der Waals surface area contributed by atoms with Gasteiger partial charge in [0, 0.05) is 18.1 Å². The molecular formula is C19H22Cl2N2O3S. The molecule has 0 aliphatic carbocycles. The molecule has 1 amide bonds. The molecule has 2 rings (SSSR count). The van der Waals surface area contributed by atoms with Crippen molar-refractivity contribution in [2.24, 2.45) is 0 Å². The Labute approximate surface area is 170 Å². The van der Waals surface area contributed by atoms with Gasteiger partial charge in [-0.05, 0) is 42.8 Å². The maximum Gasteiger partial charge on any atom is 0.253 e. The van der Waals surface area contributed by atoms with E-state index in [2.05, 4.69) is 5.32 Å². The number of halogens is 2. The number of carbonyl (C=O) groups excluding carboxylic acids is 1. The van der Waals surface area contributed by atoms with Crippen molar-refractivity contribution in [3.63, 3.8) is 0 Å². The highest BCUT2D eigenvalue weighted by Gasteiger charge is 2.24. The molecule has 2 aromatic carbocycles. The number of hydrogen-bond donors (Lipinski definition) is 1. The Balaban J connectivity index is 2.30. The standard InChI is InChI=1S/C19H22Cl2N2O3S/c1-4-23(5-2)27(25,26)16-10-11-18(21)17(12-16)19(24)22-13(3)14-6-8-15(20)9-7-14/h6-13H,4-5H2,1-3H3,(H,22,24). The number of sulfonamides is 1. The molecule has 0 aromatic heterocycles. The lowest BCUT2D eigenvalue weighted by atomic mass is 10.1. The van der Waals surface area contributed by atoms with Crippen LogP contribution in [0.25, 0.3) is 0 Å². The number of rotatable bonds is 7. The number of carbonyl (C=O) groups is 1. The van der Waals surface area contributed by atoms with Gasteiger partial charge < -0.3 is 5.32 Å². The third-order valence-electron chi connectivity index (χ3n) is 4.24. The van der Waals surface area contributed by atoms with Crippen LogP contribution in [0.4, 0.5) is 0 Å². The highest BCUT2D eigenvalue weighted by atomic mass is 35.5. The summed E-state index contributed by atoms with van der Waals surface area (Å²) in [6.45, 7) is 6.04. The van der Waals surface area contributed by atoms with Crippen LogP contribution in [-0.4, -0.2) is 31.7 Å². The van der Waals surface area contributed by atoms with Crippen LogP contribution in [-0.2, 0) is 10.0 Å². The fourth-order valence-corrected chi connectivity index (χ4v) is 4.47. The monoisotopic (exact) mass is 428 g/mol. The molecular weight excluding hydrogens is 407 g/mol. The second-order valence-corrected chi connectivity index (χ2v) is 8.76. The van der Waals surface area contributed by atoms with Gasteiger partial charge in [0.1, 0.15) is 0 Å². The largest absolute Gasteiger partial charge is 0.345 e. The van der Waals surface area contributed by atoms with Gasteiger partial charge in [-0.1, -0.05) is 49.2 Å². The lowest BCUT2D eigenvalue weighted by Crippen LogP contribution is -2.31. The first-order chi connectivity index (χ1) is 12.7. The lowest BCUT2D eigenvalue weighted by Gasteiger charge is -2.19. The second kappa shape index (κ2) is 9.06. The van der Waals surface area contributed by atoms with Gasteiger partial charge in [0.05, 0.1) is 21.5 Å². The third kappa shape index (κ3) is 5.02. The minimum absolute atomic E-state index is 0.0416. The molecule has 0 aliphatic heterocycles. The summed E-state index contributed by atoms with van der Waals surface area (Å²) in [5.41, 5.74) is 0.988. The van der Waals surface area contributed by atoms with Crippen molar-refractivity contribution in [3.8, 4) is 0 Å². The zero-order valence-electron chi connectivity index (χ0n) is 15.4. The summed E-state index contributed by atoms with van der Waals surface area (Å²) < 4.78 is 26.7. The predicted molar refractivity (Wildman–Crippen MR) is 109 cm³/mol. The Morgan fingerprint density at radius 1 is 1.07 bits per heavy atom. The number of hydrogen-bond acceptors (Lipinski definition) is 3. The minimum atomic E-state index is -3.68. The van der Waals surface area contributed by atoms with Crippen molar-refractivity contribution in [1.29, 1.82) is 0 Å². The molecule has 0 heterocycles. The van der Waals surface area contributed by atoms with Crippen LogP contribution in [0, 0.1) is 0 Å². The number of amides is 1. The van der Waals surface area contributed by atoms with Gasteiger partial charge in [-0.3, -0.25) is 4.79 Å². The smallest absolute Gasteiger partial charge is 0.253 e. The van der Waals surface area contributed by atoms with Gasteiger partial charge in [-0.15, -0.1) is 0 Å². The maximum absolute atomic E-state index is 12.7. The van der Waals surface area contributed by atoms with E-state index in [1.54, 1.807) is 26.0 Å². The Morgan fingerprint density at radius 3 is 2.22 bits per heavy atom. The zero-order valence-corrected chi connectivity index (χ0v) is 17.7. The molecule has 0 saturated carbocycles. The molecule has 1 atom stereocenters. The van der Waals surface area contributed by atoms with E-state index >= 15 is 0 Å². The lowest BCUT2D eigenvalue weighted by molar-refractivity contribution is 0.0940. The van der Waals surface area contributed by atoms with Crippen LogP contribution in [0.5, 0.6) is 0 Å². The van der Waals surface area contributed by atoms with E-state index in [-0.39, 0.29) is 21.5 Å². The van der Waals surface area contributed by atoms with Gasteiger partial charge in [0.15, 0.2) is 0 Å². The molecule has 27 heavy (non-hydrogen) atoms. The SMILES string of the molecule is CCN(CC)S(=O)(=O)c1ccc(Cl)c(C(=O)NC(C)c2ccc(Cl)cc2)c1. The van der Waals surface area contributed by atoms with Gasteiger partial charge in [-0.25, -0.2) is 8.42 Å². The molecule has 1 unspecified atom stereocenters. The first-order valence-corrected chi connectivity index (χ1v) is 10.8. The van der Waals surface area contributed by atoms with E-state index in [4.69, 9.17) is 23.2 Å². The van der Waals surface area contributed by atoms with Crippen molar-refractivity contribution in [1.82, 2.24) is 9.62 Å². The molecule has 0 radical (unpaired) electrons. The van der Waals surface area contributed by atoms with E-state index in [1.165, 1.54) is 22.5 Å². The van der Waals surface area contributed by atoms with E-state index < -0.39 is 15.9 Å². The molecule has 0 fully saturated rings. The summed E-state index contributed by atoms with van der Waals surface area (Å²) in [5.74, 6) is -0.445. The maximum atomic E-state index is 12.7. The molecule has 1 N–H and O–H groups in total. The summed E-state index contributed by atoms with van der Waals surface area (Å²) in [7, 11) is -3.68. The van der Waals surface area contributed by atoms with Crippen molar-refractivity contribution < 1.29 is 13.2 Å². The van der Waals surface area contributed by atoms with E-state index in [1.807, 2.05) is 19.1 Å². The normalized spacial score (nSPS) is 12.8. The summed E-state index contributed by atoms with van der Waals surface area (Å²) in [5, 5.41) is 3.63. The van der Waals surface area contributed by atoms with Crippen LogP contribution in [0.2, 0.25) is 10.0 Å². The van der Waals surface area contributed by atoms with Gasteiger partial charge in [0.25, 0.3) is 5.91 Å². The summed E-state index contributed by atoms with van der Waals surface area (Å²) in [6.07, 6.45) is 0. The van der Waals surface area contributed by atoms with Crippen molar-refractivity contribution >= 4 is 39.1 Å². The Bertz CT molecular complexity index is 911. The van der Waals surface area contributed by atoms with Gasteiger partial charge >= 0.3 is 0 Å². The Hall–Kier alpha value is -1.60. The summed E-state index contributed by atoms with van der Waals surface area (Å²) in [4.78, 5) is 12.7. The van der Waals surface area contributed by atoms with Gasteiger partial charge in [0.2, 0.25) is 10.0 Å². The molecule has 0 bridgehead atoms. The molecule has 8 heteroatoms. The van der Waals surface area contributed by atoms with E-state index in [0.717, 1.165) is 5.56 Å². The second-order valence-electron chi connectivity index (χ2n) is 5.98. The van der Waals surface area contributed by atoms with E-state index in [0.29, 0.717) is 18.1 Å². The predicted octanol–water partition coefficient (Wildman–Crippen LogP) is 4.51. The molecule has 5 nitrogen and oxygen atoms in total. The highest BCUT2D eigenvalue weighted by Crippen LogP contribution is 2.24. The molecule has 2 aromatic rings. The average Bonchev–Trinajstić information content (AvgIpc) is 2.63. The highest BCUT2D eigenvalue weighted by molar-refractivity contribution is 7.89. The summed E-state index contributed by atoms with van der Waals surface area (Å²) >= 11 is 12.0. The molecule has 0 saturated heterocycles. The molecule has 146 valence electrons.